The van der Waals surface area contributed by atoms with E-state index in [9.17, 15) is 5.11 Å². The van der Waals surface area contributed by atoms with Crippen LogP contribution in [0.25, 0.3) is 0 Å². The Morgan fingerprint density at radius 3 is 2.40 bits per heavy atom. The topological polar surface area (TPSA) is 20.2 Å². The average Bonchev–Trinajstić information content (AvgIpc) is 2.94. The van der Waals surface area contributed by atoms with Crippen molar-refractivity contribution in [3.63, 3.8) is 0 Å². The van der Waals surface area contributed by atoms with E-state index in [0.717, 1.165) is 36.0 Å². The number of hydrogen-bond acceptors (Lipinski definition) is 1. The van der Waals surface area contributed by atoms with E-state index >= 15 is 0 Å². The number of allylic oxidation sites excluding steroid dienone is 1. The first kappa shape index (κ1) is 19.5. The zero-order chi connectivity index (χ0) is 18.2. The Hall–Kier alpha value is -0.300. The SMILES string of the molecule is C=C1CCC2(C)C(CCC3C4CCC(CCO)C4(C)CCC32)C1.CC. The monoisotopic (exact) mass is 346 g/mol. The second kappa shape index (κ2) is 7.37. The van der Waals surface area contributed by atoms with E-state index in [0.29, 0.717) is 17.4 Å². The maximum Gasteiger partial charge on any atom is 0.0433 e. The van der Waals surface area contributed by atoms with Crippen molar-refractivity contribution in [2.45, 2.75) is 91.9 Å². The molecule has 7 atom stereocenters. The fraction of sp³-hybridized carbons (Fsp3) is 0.917. The van der Waals surface area contributed by atoms with E-state index < -0.39 is 0 Å². The summed E-state index contributed by atoms with van der Waals surface area (Å²) in [6.07, 6.45) is 13.7. The third kappa shape index (κ3) is 3.03. The Labute approximate surface area is 156 Å². The Morgan fingerprint density at radius 2 is 1.68 bits per heavy atom. The highest BCUT2D eigenvalue weighted by atomic mass is 16.3. The first-order valence-corrected chi connectivity index (χ1v) is 11.3. The van der Waals surface area contributed by atoms with Gasteiger partial charge < -0.3 is 5.11 Å². The van der Waals surface area contributed by atoms with Crippen molar-refractivity contribution in [2.75, 3.05) is 6.61 Å². The molecule has 7 unspecified atom stereocenters. The number of rotatable bonds is 2. The van der Waals surface area contributed by atoms with Gasteiger partial charge in [0.15, 0.2) is 0 Å². The summed E-state index contributed by atoms with van der Waals surface area (Å²) in [6.45, 7) is 13.9. The summed E-state index contributed by atoms with van der Waals surface area (Å²) in [5.41, 5.74) is 2.65. The summed E-state index contributed by atoms with van der Waals surface area (Å²) in [4.78, 5) is 0. The standard InChI is InChI=1S/C22H36O.C2H6/c1-15-8-11-22(3)17(14-15)4-6-18-19-7-5-16(10-13-23)21(19,2)12-9-20(18)22;1-2/h16-20,23H,1,4-14H2,2-3H3;1-2H3. The van der Waals surface area contributed by atoms with E-state index in [-0.39, 0.29) is 0 Å². The molecule has 0 radical (unpaired) electrons. The minimum atomic E-state index is 0.392. The molecule has 1 N–H and O–H groups in total. The lowest BCUT2D eigenvalue weighted by Crippen LogP contribution is -2.52. The first-order valence-electron chi connectivity index (χ1n) is 11.3. The highest BCUT2D eigenvalue weighted by Gasteiger charge is 2.59. The van der Waals surface area contributed by atoms with Crippen molar-refractivity contribution >= 4 is 0 Å². The van der Waals surface area contributed by atoms with Gasteiger partial charge in [0.1, 0.15) is 0 Å². The number of aliphatic hydroxyl groups is 1. The van der Waals surface area contributed by atoms with Gasteiger partial charge in [0.05, 0.1) is 0 Å². The lowest BCUT2D eigenvalue weighted by molar-refractivity contribution is -0.106. The van der Waals surface area contributed by atoms with E-state index in [2.05, 4.69) is 20.4 Å². The van der Waals surface area contributed by atoms with Crippen molar-refractivity contribution in [1.29, 1.82) is 0 Å². The third-order valence-electron chi connectivity index (χ3n) is 9.29. The fourth-order valence-corrected chi connectivity index (χ4v) is 7.90. The van der Waals surface area contributed by atoms with Crippen molar-refractivity contribution in [1.82, 2.24) is 0 Å². The summed E-state index contributed by atoms with van der Waals surface area (Å²) in [7, 11) is 0. The van der Waals surface area contributed by atoms with Crippen LogP contribution in [-0.4, -0.2) is 11.7 Å². The van der Waals surface area contributed by atoms with Crippen LogP contribution in [0.15, 0.2) is 12.2 Å². The van der Waals surface area contributed by atoms with Crippen LogP contribution < -0.4 is 0 Å². The molecule has 1 nitrogen and oxygen atoms in total. The van der Waals surface area contributed by atoms with Gasteiger partial charge in [0.2, 0.25) is 0 Å². The Kier molecular flexibility index (Phi) is 5.74. The third-order valence-corrected chi connectivity index (χ3v) is 9.29. The minimum Gasteiger partial charge on any atom is -0.396 e. The molecule has 0 aromatic heterocycles. The van der Waals surface area contributed by atoms with Crippen LogP contribution in [0.3, 0.4) is 0 Å². The van der Waals surface area contributed by atoms with Crippen LogP contribution in [0.4, 0.5) is 0 Å². The molecule has 4 aliphatic rings. The van der Waals surface area contributed by atoms with Gasteiger partial charge in [-0.25, -0.2) is 0 Å². The summed E-state index contributed by atoms with van der Waals surface area (Å²) in [5.74, 6) is 4.60. The van der Waals surface area contributed by atoms with Crippen LogP contribution in [0.5, 0.6) is 0 Å². The van der Waals surface area contributed by atoms with Gasteiger partial charge in [-0.05, 0) is 105 Å². The first-order chi connectivity index (χ1) is 12.0. The summed E-state index contributed by atoms with van der Waals surface area (Å²) >= 11 is 0. The van der Waals surface area contributed by atoms with Crippen LogP contribution in [-0.2, 0) is 0 Å². The van der Waals surface area contributed by atoms with Crippen molar-refractivity contribution in [3.8, 4) is 0 Å². The molecule has 0 aromatic rings. The normalized spacial score (nSPS) is 48.7. The maximum atomic E-state index is 9.48. The lowest BCUT2D eigenvalue weighted by Gasteiger charge is -2.60. The Bertz CT molecular complexity index is 482. The van der Waals surface area contributed by atoms with Gasteiger partial charge in [-0.1, -0.05) is 39.8 Å². The summed E-state index contributed by atoms with van der Waals surface area (Å²) in [5, 5.41) is 9.48. The van der Waals surface area contributed by atoms with E-state index in [1.807, 2.05) is 13.8 Å². The lowest BCUT2D eigenvalue weighted by atomic mass is 9.44. The number of aliphatic hydroxyl groups excluding tert-OH is 1. The Morgan fingerprint density at radius 1 is 0.960 bits per heavy atom. The molecule has 0 spiro atoms. The van der Waals surface area contributed by atoms with Gasteiger partial charge >= 0.3 is 0 Å². The molecule has 0 aromatic carbocycles. The van der Waals surface area contributed by atoms with Crippen LogP contribution in [0, 0.1) is 40.4 Å². The Balaban J connectivity index is 0.000000880. The smallest absolute Gasteiger partial charge is 0.0433 e. The molecule has 0 amide bonds. The molecule has 0 bridgehead atoms. The van der Waals surface area contributed by atoms with E-state index in [4.69, 9.17) is 0 Å². The molecule has 1 heteroatoms. The molecule has 25 heavy (non-hydrogen) atoms. The molecule has 0 saturated heterocycles. The van der Waals surface area contributed by atoms with Gasteiger partial charge in [-0.15, -0.1) is 0 Å². The van der Waals surface area contributed by atoms with Crippen molar-refractivity contribution in [2.24, 2.45) is 40.4 Å². The molecule has 4 fully saturated rings. The van der Waals surface area contributed by atoms with Gasteiger partial charge in [-0.2, -0.15) is 0 Å². The van der Waals surface area contributed by atoms with E-state index in [1.165, 1.54) is 63.4 Å². The molecular formula is C24H42O. The zero-order valence-corrected chi connectivity index (χ0v) is 17.3. The second-order valence-corrected chi connectivity index (χ2v) is 9.94. The van der Waals surface area contributed by atoms with Crippen LogP contribution in [0.1, 0.15) is 91.9 Å². The number of fused-ring (bicyclic) bond motifs is 5. The van der Waals surface area contributed by atoms with Crippen molar-refractivity contribution < 1.29 is 5.11 Å². The second-order valence-electron chi connectivity index (χ2n) is 9.94. The summed E-state index contributed by atoms with van der Waals surface area (Å²) < 4.78 is 0. The summed E-state index contributed by atoms with van der Waals surface area (Å²) in [6, 6.07) is 0. The maximum absolute atomic E-state index is 9.48. The molecule has 0 aliphatic heterocycles. The largest absolute Gasteiger partial charge is 0.396 e. The van der Waals surface area contributed by atoms with Crippen LogP contribution in [0.2, 0.25) is 0 Å². The highest BCUT2D eigenvalue weighted by molar-refractivity contribution is 5.13. The molecule has 4 aliphatic carbocycles. The molecular weight excluding hydrogens is 304 g/mol. The fourth-order valence-electron chi connectivity index (χ4n) is 7.90. The van der Waals surface area contributed by atoms with Gasteiger partial charge in [0, 0.05) is 6.61 Å². The molecule has 4 saturated carbocycles. The van der Waals surface area contributed by atoms with Gasteiger partial charge in [0.25, 0.3) is 0 Å². The highest BCUT2D eigenvalue weighted by Crippen LogP contribution is 2.67. The molecule has 144 valence electrons. The van der Waals surface area contributed by atoms with Crippen LogP contribution >= 0.6 is 0 Å². The quantitative estimate of drug-likeness (QED) is 0.558. The zero-order valence-electron chi connectivity index (χ0n) is 17.3. The average molecular weight is 347 g/mol. The predicted octanol–water partition coefficient (Wildman–Crippen LogP) is 6.61. The number of hydrogen-bond donors (Lipinski definition) is 1. The van der Waals surface area contributed by atoms with Gasteiger partial charge in [-0.3, -0.25) is 0 Å². The van der Waals surface area contributed by atoms with Crippen molar-refractivity contribution in [3.05, 3.63) is 12.2 Å². The molecule has 4 rings (SSSR count). The minimum absolute atomic E-state index is 0.392. The predicted molar refractivity (Wildman–Crippen MR) is 107 cm³/mol. The molecule has 0 heterocycles. The van der Waals surface area contributed by atoms with E-state index in [1.54, 1.807) is 0 Å².